The fourth-order valence-corrected chi connectivity index (χ4v) is 2.17. The Kier molecular flexibility index (Phi) is 5.01. The molecular weight excluding hydrogens is 279 g/mol. The molecule has 1 heterocycles. The van der Waals surface area contributed by atoms with E-state index in [-0.39, 0.29) is 6.04 Å². The Morgan fingerprint density at radius 3 is 2.48 bits per heavy atom. The zero-order valence-electron chi connectivity index (χ0n) is 12.0. The molecule has 1 aromatic carbocycles. The summed E-state index contributed by atoms with van der Waals surface area (Å²) in [5.74, 6) is -3.75. The maximum atomic E-state index is 13.2. The van der Waals surface area contributed by atoms with Crippen LogP contribution in [-0.2, 0) is 6.42 Å². The van der Waals surface area contributed by atoms with Crippen LogP contribution in [0.15, 0.2) is 18.3 Å². The molecule has 1 aromatic heterocycles. The lowest BCUT2D eigenvalue weighted by atomic mass is 10.1. The van der Waals surface area contributed by atoms with Crippen molar-refractivity contribution in [2.45, 2.75) is 32.7 Å². The predicted octanol–water partition coefficient (Wildman–Crippen LogP) is 3.42. The van der Waals surface area contributed by atoms with Crippen LogP contribution in [0.4, 0.5) is 13.2 Å². The lowest BCUT2D eigenvalue weighted by Gasteiger charge is -2.14. The first-order valence-corrected chi connectivity index (χ1v) is 6.85. The number of hydrogen-bond donors (Lipinski definition) is 2. The van der Waals surface area contributed by atoms with Gasteiger partial charge in [0.15, 0.2) is 17.5 Å². The molecule has 2 N–H and O–H groups in total. The molecule has 114 valence electrons. The number of aryl methyl sites for hydroxylation is 2. The lowest BCUT2D eigenvalue weighted by Crippen LogP contribution is -2.20. The smallest absolute Gasteiger partial charge is 0.194 e. The molecule has 0 aliphatic rings. The Bertz CT molecular complexity index is 587. The molecule has 0 bridgehead atoms. The summed E-state index contributed by atoms with van der Waals surface area (Å²) in [6.45, 7) is 4.43. The Morgan fingerprint density at radius 2 is 1.90 bits per heavy atom. The summed E-state index contributed by atoms with van der Waals surface area (Å²) in [5.41, 5.74) is 2.60. The average Bonchev–Trinajstić information content (AvgIpc) is 2.85. The average molecular weight is 297 g/mol. The van der Waals surface area contributed by atoms with Crippen molar-refractivity contribution in [2.75, 3.05) is 6.54 Å². The molecule has 0 amide bonds. The molecule has 0 radical (unpaired) electrons. The van der Waals surface area contributed by atoms with E-state index in [0.29, 0.717) is 12.1 Å². The standard InChI is InChI=1S/C15H18F3N3/c1-9(12-6-13(16)15(18)14(17)7-12)19-5-3-4-11-8-20-21-10(11)2/h6-9,19H,3-5H2,1-2H3,(H,20,21)/t9-/m1/s1. The molecule has 0 aliphatic heterocycles. The number of aromatic amines is 1. The molecule has 1 atom stereocenters. The lowest BCUT2D eigenvalue weighted by molar-refractivity contribution is 0.441. The number of benzene rings is 1. The second kappa shape index (κ2) is 6.76. The largest absolute Gasteiger partial charge is 0.310 e. The fraction of sp³-hybridized carbons (Fsp3) is 0.400. The van der Waals surface area contributed by atoms with E-state index >= 15 is 0 Å². The number of nitrogens with zero attached hydrogens (tertiary/aromatic N) is 1. The number of halogens is 3. The van der Waals surface area contributed by atoms with Crippen LogP contribution in [0.2, 0.25) is 0 Å². The molecular formula is C15H18F3N3. The summed E-state index contributed by atoms with van der Waals surface area (Å²) in [7, 11) is 0. The van der Waals surface area contributed by atoms with E-state index in [4.69, 9.17) is 0 Å². The van der Waals surface area contributed by atoms with Crippen molar-refractivity contribution in [2.24, 2.45) is 0 Å². The third kappa shape index (κ3) is 3.85. The van der Waals surface area contributed by atoms with Crippen LogP contribution in [0.25, 0.3) is 0 Å². The maximum absolute atomic E-state index is 13.2. The van der Waals surface area contributed by atoms with E-state index in [1.54, 1.807) is 13.1 Å². The normalized spacial score (nSPS) is 12.6. The summed E-state index contributed by atoms with van der Waals surface area (Å²) in [6, 6.07) is 1.80. The Balaban J connectivity index is 1.85. The third-order valence-corrected chi connectivity index (χ3v) is 3.51. The Morgan fingerprint density at radius 1 is 1.24 bits per heavy atom. The van der Waals surface area contributed by atoms with Crippen molar-refractivity contribution >= 4 is 0 Å². The number of rotatable bonds is 6. The minimum atomic E-state index is -1.43. The zero-order valence-corrected chi connectivity index (χ0v) is 12.0. The van der Waals surface area contributed by atoms with E-state index in [1.807, 2.05) is 6.92 Å². The van der Waals surface area contributed by atoms with Crippen molar-refractivity contribution in [1.82, 2.24) is 15.5 Å². The topological polar surface area (TPSA) is 40.7 Å². The van der Waals surface area contributed by atoms with Gasteiger partial charge in [0.1, 0.15) is 0 Å². The van der Waals surface area contributed by atoms with Gasteiger partial charge in [-0.05, 0) is 56.5 Å². The van der Waals surface area contributed by atoms with Gasteiger partial charge in [-0.25, -0.2) is 13.2 Å². The number of H-pyrrole nitrogens is 1. The molecule has 3 nitrogen and oxygen atoms in total. The highest BCUT2D eigenvalue weighted by atomic mass is 19.2. The summed E-state index contributed by atoms with van der Waals surface area (Å²) in [4.78, 5) is 0. The van der Waals surface area contributed by atoms with Gasteiger partial charge in [-0.15, -0.1) is 0 Å². The SMILES string of the molecule is Cc1[nH]ncc1CCCN[C@H](C)c1cc(F)c(F)c(F)c1. The highest BCUT2D eigenvalue weighted by Crippen LogP contribution is 2.19. The maximum Gasteiger partial charge on any atom is 0.194 e. The summed E-state index contributed by atoms with van der Waals surface area (Å²) in [5, 5.41) is 9.99. The van der Waals surface area contributed by atoms with Gasteiger partial charge in [0.05, 0.1) is 6.20 Å². The molecule has 0 saturated heterocycles. The van der Waals surface area contributed by atoms with Gasteiger partial charge >= 0.3 is 0 Å². The van der Waals surface area contributed by atoms with E-state index in [9.17, 15) is 13.2 Å². The van der Waals surface area contributed by atoms with Crippen LogP contribution in [0.3, 0.4) is 0 Å². The third-order valence-electron chi connectivity index (χ3n) is 3.51. The molecule has 2 rings (SSSR count). The molecule has 0 fully saturated rings. The van der Waals surface area contributed by atoms with E-state index in [1.165, 1.54) is 0 Å². The molecule has 0 unspecified atom stereocenters. The van der Waals surface area contributed by atoms with Crippen LogP contribution in [0.5, 0.6) is 0 Å². The van der Waals surface area contributed by atoms with Crippen molar-refractivity contribution in [1.29, 1.82) is 0 Å². The van der Waals surface area contributed by atoms with Crippen LogP contribution >= 0.6 is 0 Å². The number of hydrogen-bond acceptors (Lipinski definition) is 2. The van der Waals surface area contributed by atoms with Gasteiger partial charge in [0.25, 0.3) is 0 Å². The Hall–Kier alpha value is -1.82. The van der Waals surface area contributed by atoms with Crippen LogP contribution in [-0.4, -0.2) is 16.7 Å². The minimum absolute atomic E-state index is 0.250. The van der Waals surface area contributed by atoms with E-state index in [2.05, 4.69) is 15.5 Å². The molecule has 0 spiro atoms. The fourth-order valence-electron chi connectivity index (χ4n) is 2.17. The van der Waals surface area contributed by atoms with Crippen LogP contribution in [0, 0.1) is 24.4 Å². The van der Waals surface area contributed by atoms with Gasteiger partial charge in [-0.2, -0.15) is 5.10 Å². The van der Waals surface area contributed by atoms with Crippen molar-refractivity contribution in [3.05, 3.63) is 52.6 Å². The van der Waals surface area contributed by atoms with Crippen LogP contribution < -0.4 is 5.32 Å². The Labute approximate surface area is 121 Å². The van der Waals surface area contributed by atoms with Crippen molar-refractivity contribution in [3.63, 3.8) is 0 Å². The second-order valence-electron chi connectivity index (χ2n) is 5.10. The van der Waals surface area contributed by atoms with Gasteiger partial charge in [-0.3, -0.25) is 5.10 Å². The summed E-state index contributed by atoms with van der Waals surface area (Å²) in [6.07, 6.45) is 3.54. The number of aromatic nitrogens is 2. The zero-order chi connectivity index (χ0) is 15.4. The minimum Gasteiger partial charge on any atom is -0.310 e. The second-order valence-corrected chi connectivity index (χ2v) is 5.10. The molecule has 2 aromatic rings. The van der Waals surface area contributed by atoms with E-state index < -0.39 is 17.5 Å². The molecule has 0 aliphatic carbocycles. The van der Waals surface area contributed by atoms with Gasteiger partial charge in [0.2, 0.25) is 0 Å². The molecule has 21 heavy (non-hydrogen) atoms. The predicted molar refractivity (Wildman–Crippen MR) is 74.4 cm³/mol. The van der Waals surface area contributed by atoms with Crippen LogP contribution in [0.1, 0.15) is 36.2 Å². The molecule has 0 saturated carbocycles. The monoisotopic (exact) mass is 297 g/mol. The first-order valence-electron chi connectivity index (χ1n) is 6.85. The van der Waals surface area contributed by atoms with Gasteiger partial charge in [-0.1, -0.05) is 0 Å². The van der Waals surface area contributed by atoms with Crippen molar-refractivity contribution < 1.29 is 13.2 Å². The number of nitrogens with one attached hydrogen (secondary N) is 2. The summed E-state index contributed by atoms with van der Waals surface area (Å²) >= 11 is 0. The van der Waals surface area contributed by atoms with Gasteiger partial charge < -0.3 is 5.32 Å². The first kappa shape index (κ1) is 15.6. The molecule has 6 heteroatoms. The summed E-state index contributed by atoms with van der Waals surface area (Å²) < 4.78 is 39.2. The van der Waals surface area contributed by atoms with Crippen molar-refractivity contribution in [3.8, 4) is 0 Å². The first-order chi connectivity index (χ1) is 9.99. The highest BCUT2D eigenvalue weighted by molar-refractivity contribution is 5.22. The van der Waals surface area contributed by atoms with Gasteiger partial charge in [0, 0.05) is 11.7 Å². The quantitative estimate of drug-likeness (QED) is 0.633. The van der Waals surface area contributed by atoms with E-state index in [0.717, 1.165) is 36.2 Å². The highest BCUT2D eigenvalue weighted by Gasteiger charge is 2.14.